The van der Waals surface area contributed by atoms with Crippen LogP contribution < -0.4 is 10.2 Å². The van der Waals surface area contributed by atoms with Crippen LogP contribution in [0.1, 0.15) is 12.0 Å². The van der Waals surface area contributed by atoms with Gasteiger partial charge in [-0.2, -0.15) is 0 Å². The Balaban J connectivity index is 2.20. The van der Waals surface area contributed by atoms with Gasteiger partial charge in [-0.3, -0.25) is 0 Å². The molecule has 0 spiro atoms. The van der Waals surface area contributed by atoms with Gasteiger partial charge in [0.1, 0.15) is 0 Å². The molecule has 1 aliphatic rings. The van der Waals surface area contributed by atoms with Crippen LogP contribution >= 0.6 is 11.6 Å². The monoisotopic (exact) mass is 224 g/mol. The summed E-state index contributed by atoms with van der Waals surface area (Å²) in [6.45, 7) is 4.29. The lowest BCUT2D eigenvalue weighted by molar-refractivity contribution is 0.617. The van der Waals surface area contributed by atoms with E-state index in [4.69, 9.17) is 11.6 Å². The molecule has 3 heteroatoms. The molecule has 2 rings (SSSR count). The average Bonchev–Trinajstić information content (AvgIpc) is 2.70. The zero-order valence-corrected chi connectivity index (χ0v) is 10.0. The summed E-state index contributed by atoms with van der Waals surface area (Å²) in [6, 6.07) is 6.74. The number of nitrogens with one attached hydrogen (secondary N) is 1. The lowest BCUT2D eigenvalue weighted by Crippen LogP contribution is -2.29. The number of rotatable bonds is 2. The summed E-state index contributed by atoms with van der Waals surface area (Å²) >= 11 is 6.12. The van der Waals surface area contributed by atoms with Crippen molar-refractivity contribution >= 4 is 17.3 Å². The largest absolute Gasteiger partial charge is 0.370 e. The lowest BCUT2D eigenvalue weighted by atomic mass is 10.2. The summed E-state index contributed by atoms with van der Waals surface area (Å²) in [5.41, 5.74) is 2.47. The van der Waals surface area contributed by atoms with Gasteiger partial charge in [0.2, 0.25) is 0 Å². The minimum atomic E-state index is 0.614. The number of halogens is 1. The van der Waals surface area contributed by atoms with E-state index in [0.717, 1.165) is 18.1 Å². The zero-order chi connectivity index (χ0) is 10.8. The van der Waals surface area contributed by atoms with Gasteiger partial charge in [0.05, 0.1) is 0 Å². The Morgan fingerprint density at radius 1 is 1.47 bits per heavy atom. The summed E-state index contributed by atoms with van der Waals surface area (Å²) in [6.07, 6.45) is 1.21. The molecule has 1 N–H and O–H groups in total. The van der Waals surface area contributed by atoms with Gasteiger partial charge < -0.3 is 10.2 Å². The summed E-state index contributed by atoms with van der Waals surface area (Å²) in [4.78, 5) is 2.41. The molecule has 1 saturated heterocycles. The lowest BCUT2D eigenvalue weighted by Gasteiger charge is -2.21. The van der Waals surface area contributed by atoms with Gasteiger partial charge in [0, 0.05) is 29.8 Å². The Hall–Kier alpha value is -0.730. The summed E-state index contributed by atoms with van der Waals surface area (Å²) < 4.78 is 0. The van der Waals surface area contributed by atoms with E-state index < -0.39 is 0 Å². The topological polar surface area (TPSA) is 15.3 Å². The summed E-state index contributed by atoms with van der Waals surface area (Å²) in [5, 5.41) is 4.18. The van der Waals surface area contributed by atoms with Crippen LogP contribution in [0.4, 0.5) is 5.69 Å². The predicted octanol–water partition coefficient (Wildman–Crippen LogP) is 2.45. The van der Waals surface area contributed by atoms with Crippen LogP contribution in [0.3, 0.4) is 0 Å². The number of hydrogen-bond acceptors (Lipinski definition) is 2. The predicted molar refractivity (Wildman–Crippen MR) is 65.9 cm³/mol. The zero-order valence-electron chi connectivity index (χ0n) is 9.26. The highest BCUT2D eigenvalue weighted by molar-refractivity contribution is 6.31. The molecule has 1 atom stereocenters. The molecule has 1 unspecified atom stereocenters. The van der Waals surface area contributed by atoms with E-state index in [1.165, 1.54) is 17.7 Å². The highest BCUT2D eigenvalue weighted by Crippen LogP contribution is 2.28. The maximum atomic E-state index is 6.12. The Bertz CT molecular complexity index is 351. The minimum Gasteiger partial charge on any atom is -0.370 e. The van der Waals surface area contributed by atoms with Crippen molar-refractivity contribution < 1.29 is 0 Å². The van der Waals surface area contributed by atoms with E-state index >= 15 is 0 Å². The third-order valence-corrected chi connectivity index (χ3v) is 3.59. The van der Waals surface area contributed by atoms with Gasteiger partial charge in [-0.25, -0.2) is 0 Å². The molecule has 82 valence electrons. The second-order valence-electron chi connectivity index (χ2n) is 4.10. The average molecular weight is 225 g/mol. The van der Waals surface area contributed by atoms with Gasteiger partial charge >= 0.3 is 0 Å². The normalized spacial score (nSPS) is 21.0. The Morgan fingerprint density at radius 3 is 2.93 bits per heavy atom. The Kier molecular flexibility index (Phi) is 3.17. The Labute approximate surface area is 96.2 Å². The smallest absolute Gasteiger partial charge is 0.0455 e. The molecular weight excluding hydrogens is 208 g/mol. The highest BCUT2D eigenvalue weighted by Gasteiger charge is 2.22. The first-order chi connectivity index (χ1) is 7.22. The fourth-order valence-corrected chi connectivity index (χ4v) is 2.32. The maximum Gasteiger partial charge on any atom is 0.0455 e. The molecular formula is C12H17ClN2. The molecule has 1 aliphatic heterocycles. The van der Waals surface area contributed by atoms with Crippen molar-refractivity contribution in [2.75, 3.05) is 25.0 Å². The second kappa shape index (κ2) is 4.42. The molecule has 0 amide bonds. The fraction of sp³-hybridized carbons (Fsp3) is 0.500. The van der Waals surface area contributed by atoms with Gasteiger partial charge in [-0.05, 0) is 38.1 Å². The first-order valence-electron chi connectivity index (χ1n) is 5.39. The molecule has 1 aromatic rings. The van der Waals surface area contributed by atoms with Crippen LogP contribution in [-0.4, -0.2) is 26.2 Å². The van der Waals surface area contributed by atoms with E-state index in [2.05, 4.69) is 23.2 Å². The molecule has 0 radical (unpaired) electrons. The van der Waals surface area contributed by atoms with Crippen LogP contribution in [-0.2, 0) is 0 Å². The standard InChI is InChI=1S/C12H17ClN2/c1-9-11(13)4-3-5-12(9)15-7-6-10(8-15)14-2/h3-5,10,14H,6-8H2,1-2H3. The number of benzene rings is 1. The van der Waals surface area contributed by atoms with Gasteiger partial charge in [0.25, 0.3) is 0 Å². The SMILES string of the molecule is CNC1CCN(c2cccc(Cl)c2C)C1. The van der Waals surface area contributed by atoms with Crippen molar-refractivity contribution in [3.8, 4) is 0 Å². The molecule has 0 bridgehead atoms. The van der Waals surface area contributed by atoms with Crippen molar-refractivity contribution in [3.05, 3.63) is 28.8 Å². The van der Waals surface area contributed by atoms with Gasteiger partial charge in [-0.15, -0.1) is 0 Å². The molecule has 1 aromatic carbocycles. The van der Waals surface area contributed by atoms with E-state index in [-0.39, 0.29) is 0 Å². The van der Waals surface area contributed by atoms with Crippen molar-refractivity contribution in [3.63, 3.8) is 0 Å². The number of nitrogens with zero attached hydrogens (tertiary/aromatic N) is 1. The first-order valence-corrected chi connectivity index (χ1v) is 5.77. The van der Waals surface area contributed by atoms with Crippen LogP contribution in [0.15, 0.2) is 18.2 Å². The van der Waals surface area contributed by atoms with Crippen LogP contribution in [0.2, 0.25) is 5.02 Å². The van der Waals surface area contributed by atoms with Crippen molar-refractivity contribution in [1.82, 2.24) is 5.32 Å². The minimum absolute atomic E-state index is 0.614. The van der Waals surface area contributed by atoms with Crippen LogP contribution in [0, 0.1) is 6.92 Å². The van der Waals surface area contributed by atoms with Crippen LogP contribution in [0.25, 0.3) is 0 Å². The third kappa shape index (κ3) is 2.11. The summed E-state index contributed by atoms with van der Waals surface area (Å²) in [7, 11) is 2.03. The third-order valence-electron chi connectivity index (χ3n) is 3.18. The molecule has 2 nitrogen and oxygen atoms in total. The number of hydrogen-bond donors (Lipinski definition) is 1. The summed E-state index contributed by atoms with van der Waals surface area (Å²) in [5.74, 6) is 0. The van der Waals surface area contributed by atoms with Crippen LogP contribution in [0.5, 0.6) is 0 Å². The Morgan fingerprint density at radius 2 is 2.27 bits per heavy atom. The molecule has 0 saturated carbocycles. The van der Waals surface area contributed by atoms with Gasteiger partial charge in [0.15, 0.2) is 0 Å². The number of anilines is 1. The molecule has 1 fully saturated rings. The molecule has 0 aliphatic carbocycles. The van der Waals surface area contributed by atoms with E-state index in [9.17, 15) is 0 Å². The first kappa shape index (κ1) is 10.8. The second-order valence-corrected chi connectivity index (χ2v) is 4.51. The van der Waals surface area contributed by atoms with Crippen molar-refractivity contribution in [2.45, 2.75) is 19.4 Å². The highest BCUT2D eigenvalue weighted by atomic mass is 35.5. The molecule has 0 aromatic heterocycles. The van der Waals surface area contributed by atoms with E-state index in [1.807, 2.05) is 19.2 Å². The van der Waals surface area contributed by atoms with E-state index in [1.54, 1.807) is 0 Å². The molecule has 15 heavy (non-hydrogen) atoms. The van der Waals surface area contributed by atoms with E-state index in [0.29, 0.717) is 6.04 Å². The molecule has 1 heterocycles. The maximum absolute atomic E-state index is 6.12. The van der Waals surface area contributed by atoms with Crippen molar-refractivity contribution in [2.24, 2.45) is 0 Å². The van der Waals surface area contributed by atoms with Gasteiger partial charge in [-0.1, -0.05) is 17.7 Å². The quantitative estimate of drug-likeness (QED) is 0.830. The van der Waals surface area contributed by atoms with Crippen molar-refractivity contribution in [1.29, 1.82) is 0 Å². The number of likely N-dealkylation sites (N-methyl/N-ethyl adjacent to an activating group) is 1. The fourth-order valence-electron chi connectivity index (χ4n) is 2.15.